The Morgan fingerprint density at radius 2 is 1.95 bits per heavy atom. The molecule has 1 rings (SSSR count). The fourth-order valence-electron chi connectivity index (χ4n) is 1.53. The number of hydrogen-bond donors (Lipinski definition) is 2. The van der Waals surface area contributed by atoms with Crippen molar-refractivity contribution in [2.24, 2.45) is 5.73 Å². The average molecular weight is 387 g/mol. The van der Waals surface area contributed by atoms with Crippen LogP contribution in [0.4, 0.5) is 5.69 Å². The van der Waals surface area contributed by atoms with Crippen LogP contribution in [-0.4, -0.2) is 35.6 Å². The molecule has 0 unspecified atom stereocenters. The first kappa shape index (κ1) is 19.7. The number of rotatable bonds is 7. The van der Waals surface area contributed by atoms with Gasteiger partial charge in [-0.25, -0.2) is 13.1 Å². The van der Waals surface area contributed by atoms with Gasteiger partial charge >= 0.3 is 0 Å². The standard InChI is InChI=1S/C12H20BrN3O2S.ClH/c1-16(2)10-5-6-11(13)12(9-10)19(17,18)15-8-4-3-7-14;/h5-6,9,15H,3-4,7-8,14H2,1-2H3;1H. The van der Waals surface area contributed by atoms with E-state index in [1.54, 1.807) is 12.1 Å². The Bertz CT molecular complexity index is 523. The fourth-order valence-corrected chi connectivity index (χ4v) is 3.58. The van der Waals surface area contributed by atoms with Gasteiger partial charge in [-0.15, -0.1) is 12.4 Å². The van der Waals surface area contributed by atoms with Crippen molar-refractivity contribution in [1.82, 2.24) is 4.72 Å². The lowest BCUT2D eigenvalue weighted by atomic mass is 10.3. The number of unbranched alkanes of at least 4 members (excludes halogenated alkanes) is 1. The van der Waals surface area contributed by atoms with Gasteiger partial charge in [-0.1, -0.05) is 0 Å². The molecule has 0 heterocycles. The molecule has 0 fully saturated rings. The summed E-state index contributed by atoms with van der Waals surface area (Å²) < 4.78 is 27.5. The van der Waals surface area contributed by atoms with Crippen molar-refractivity contribution in [2.75, 3.05) is 32.1 Å². The van der Waals surface area contributed by atoms with Crippen LogP contribution in [0.3, 0.4) is 0 Å². The largest absolute Gasteiger partial charge is 0.378 e. The summed E-state index contributed by atoms with van der Waals surface area (Å²) in [7, 11) is 0.247. The second-order valence-electron chi connectivity index (χ2n) is 4.40. The first-order chi connectivity index (χ1) is 8.88. The van der Waals surface area contributed by atoms with Crippen LogP contribution in [0.25, 0.3) is 0 Å². The number of nitrogens with zero attached hydrogens (tertiary/aromatic N) is 1. The molecule has 0 aliphatic rings. The van der Waals surface area contributed by atoms with Gasteiger partial charge in [-0.2, -0.15) is 0 Å². The molecule has 0 amide bonds. The summed E-state index contributed by atoms with van der Waals surface area (Å²) in [5.74, 6) is 0. The Balaban J connectivity index is 0.00000361. The molecule has 0 aromatic heterocycles. The van der Waals surface area contributed by atoms with Crippen LogP contribution >= 0.6 is 28.3 Å². The average Bonchev–Trinajstić information content (AvgIpc) is 2.34. The normalized spacial score (nSPS) is 11.0. The topological polar surface area (TPSA) is 75.4 Å². The lowest BCUT2D eigenvalue weighted by molar-refractivity contribution is 0.576. The Morgan fingerprint density at radius 3 is 2.50 bits per heavy atom. The van der Waals surface area contributed by atoms with E-state index in [-0.39, 0.29) is 17.3 Å². The van der Waals surface area contributed by atoms with Crippen LogP contribution in [0.1, 0.15) is 12.8 Å². The molecule has 3 N–H and O–H groups in total. The summed E-state index contributed by atoms with van der Waals surface area (Å²) in [5.41, 5.74) is 6.21. The predicted octanol–water partition coefficient (Wildman–Crippen LogP) is 1.95. The van der Waals surface area contributed by atoms with E-state index in [0.717, 1.165) is 18.5 Å². The summed E-state index contributed by atoms with van der Waals surface area (Å²) in [6.45, 7) is 0.972. The van der Waals surface area contributed by atoms with Crippen molar-refractivity contribution >= 4 is 44.0 Å². The molecule has 8 heteroatoms. The van der Waals surface area contributed by atoms with E-state index in [2.05, 4.69) is 20.7 Å². The van der Waals surface area contributed by atoms with E-state index in [1.807, 2.05) is 25.1 Å². The third-order valence-corrected chi connectivity index (χ3v) is 5.10. The van der Waals surface area contributed by atoms with Crippen LogP contribution < -0.4 is 15.4 Å². The number of nitrogens with two attached hydrogens (primary N) is 1. The van der Waals surface area contributed by atoms with Gasteiger partial charge < -0.3 is 10.6 Å². The summed E-state index contributed by atoms with van der Waals surface area (Å²) in [4.78, 5) is 2.12. The number of hydrogen-bond acceptors (Lipinski definition) is 4. The molecule has 0 saturated heterocycles. The van der Waals surface area contributed by atoms with Crippen LogP contribution in [0.5, 0.6) is 0 Å². The second-order valence-corrected chi connectivity index (χ2v) is 6.99. The zero-order chi connectivity index (χ0) is 14.5. The Hall–Kier alpha value is -0.340. The van der Waals surface area contributed by atoms with Crippen molar-refractivity contribution in [3.05, 3.63) is 22.7 Å². The molecule has 116 valence electrons. The molecular weight excluding hydrogens is 366 g/mol. The Kier molecular flexibility index (Phi) is 8.69. The number of nitrogens with one attached hydrogen (secondary N) is 1. The lowest BCUT2D eigenvalue weighted by Crippen LogP contribution is -2.26. The van der Waals surface area contributed by atoms with E-state index >= 15 is 0 Å². The van der Waals surface area contributed by atoms with Gasteiger partial charge in [0, 0.05) is 30.8 Å². The molecule has 5 nitrogen and oxygen atoms in total. The monoisotopic (exact) mass is 385 g/mol. The molecule has 0 saturated carbocycles. The summed E-state index contributed by atoms with van der Waals surface area (Å²) in [5, 5.41) is 0. The fraction of sp³-hybridized carbons (Fsp3) is 0.500. The highest BCUT2D eigenvalue weighted by molar-refractivity contribution is 9.10. The highest BCUT2D eigenvalue weighted by Crippen LogP contribution is 2.26. The quantitative estimate of drug-likeness (QED) is 0.702. The number of halogens is 2. The Morgan fingerprint density at radius 1 is 1.30 bits per heavy atom. The predicted molar refractivity (Wildman–Crippen MR) is 89.2 cm³/mol. The highest BCUT2D eigenvalue weighted by Gasteiger charge is 2.18. The number of sulfonamides is 1. The van der Waals surface area contributed by atoms with Gasteiger partial charge in [0.1, 0.15) is 0 Å². The smallest absolute Gasteiger partial charge is 0.241 e. The Labute approximate surface area is 135 Å². The maximum Gasteiger partial charge on any atom is 0.241 e. The highest BCUT2D eigenvalue weighted by atomic mass is 79.9. The van der Waals surface area contributed by atoms with E-state index in [9.17, 15) is 8.42 Å². The molecule has 0 bridgehead atoms. The first-order valence-electron chi connectivity index (χ1n) is 6.05. The minimum absolute atomic E-state index is 0. The lowest BCUT2D eigenvalue weighted by Gasteiger charge is -2.15. The summed E-state index contributed by atoms with van der Waals surface area (Å²) >= 11 is 3.28. The minimum Gasteiger partial charge on any atom is -0.378 e. The van der Waals surface area contributed by atoms with Crippen LogP contribution in [0, 0.1) is 0 Å². The SMILES string of the molecule is CN(C)c1ccc(Br)c(S(=O)(=O)NCCCCN)c1.Cl. The van der Waals surface area contributed by atoms with Crippen molar-refractivity contribution in [3.8, 4) is 0 Å². The van der Waals surface area contributed by atoms with Crippen molar-refractivity contribution in [3.63, 3.8) is 0 Å². The maximum atomic E-state index is 12.2. The zero-order valence-electron chi connectivity index (χ0n) is 11.6. The van der Waals surface area contributed by atoms with Gasteiger partial charge in [0.2, 0.25) is 10.0 Å². The van der Waals surface area contributed by atoms with Crippen molar-refractivity contribution < 1.29 is 8.42 Å². The van der Waals surface area contributed by atoms with Gasteiger partial charge in [-0.05, 0) is 53.5 Å². The van der Waals surface area contributed by atoms with Crippen LogP contribution in [0.15, 0.2) is 27.6 Å². The zero-order valence-corrected chi connectivity index (χ0v) is 14.8. The van der Waals surface area contributed by atoms with Crippen molar-refractivity contribution in [1.29, 1.82) is 0 Å². The number of anilines is 1. The third-order valence-electron chi connectivity index (χ3n) is 2.64. The molecule has 20 heavy (non-hydrogen) atoms. The molecule has 0 aliphatic heterocycles. The molecule has 0 radical (unpaired) electrons. The van der Waals surface area contributed by atoms with Gasteiger partial charge in [0.05, 0.1) is 4.90 Å². The van der Waals surface area contributed by atoms with Crippen LogP contribution in [-0.2, 0) is 10.0 Å². The first-order valence-corrected chi connectivity index (χ1v) is 8.32. The maximum absolute atomic E-state index is 12.2. The van der Waals surface area contributed by atoms with Crippen molar-refractivity contribution in [2.45, 2.75) is 17.7 Å². The summed E-state index contributed by atoms with van der Waals surface area (Å²) in [6, 6.07) is 5.25. The molecule has 1 aromatic carbocycles. The molecular formula is C12H21BrClN3O2S. The molecule has 0 aliphatic carbocycles. The summed E-state index contributed by atoms with van der Waals surface area (Å²) in [6.07, 6.45) is 1.54. The van der Waals surface area contributed by atoms with E-state index in [1.165, 1.54) is 0 Å². The van der Waals surface area contributed by atoms with Gasteiger partial charge in [-0.3, -0.25) is 0 Å². The molecule has 0 spiro atoms. The number of benzene rings is 1. The van der Waals surface area contributed by atoms with Crippen LogP contribution in [0.2, 0.25) is 0 Å². The van der Waals surface area contributed by atoms with E-state index in [4.69, 9.17) is 5.73 Å². The van der Waals surface area contributed by atoms with E-state index in [0.29, 0.717) is 17.6 Å². The molecule has 1 aromatic rings. The second kappa shape index (κ2) is 8.84. The van der Waals surface area contributed by atoms with Gasteiger partial charge in [0.25, 0.3) is 0 Å². The van der Waals surface area contributed by atoms with Gasteiger partial charge in [0.15, 0.2) is 0 Å². The molecule has 0 atom stereocenters. The third kappa shape index (κ3) is 5.57. The van der Waals surface area contributed by atoms with E-state index < -0.39 is 10.0 Å². The minimum atomic E-state index is -3.49.